The number of thiophene rings is 1. The van der Waals surface area contributed by atoms with Crippen molar-refractivity contribution in [2.45, 2.75) is 38.8 Å². The molecule has 1 aromatic heterocycles. The molecule has 2 heterocycles. The van der Waals surface area contributed by atoms with Gasteiger partial charge in [0.2, 0.25) is 0 Å². The van der Waals surface area contributed by atoms with Gasteiger partial charge in [-0.2, -0.15) is 0 Å². The van der Waals surface area contributed by atoms with E-state index in [1.54, 1.807) is 11.3 Å². The second-order valence-electron chi connectivity index (χ2n) is 6.00. The van der Waals surface area contributed by atoms with Crippen molar-refractivity contribution in [3.8, 4) is 0 Å². The monoisotopic (exact) mass is 315 g/mol. The highest BCUT2D eigenvalue weighted by molar-refractivity contribution is 7.12. The van der Waals surface area contributed by atoms with Gasteiger partial charge in [0.05, 0.1) is 6.04 Å². The molecule has 2 aromatic rings. The Labute approximate surface area is 135 Å². The third-order valence-electron chi connectivity index (χ3n) is 4.30. The Morgan fingerprint density at radius 1 is 1.32 bits per heavy atom. The van der Waals surface area contributed by atoms with Crippen molar-refractivity contribution in [2.24, 2.45) is 0 Å². The SMILES string of the molecule is Cc1cccc(C(c2ccc(C)s2)N2CCCC2C(=O)O)c1. The van der Waals surface area contributed by atoms with Gasteiger partial charge in [0.25, 0.3) is 0 Å². The molecule has 0 bridgehead atoms. The van der Waals surface area contributed by atoms with E-state index in [1.165, 1.54) is 20.9 Å². The summed E-state index contributed by atoms with van der Waals surface area (Å²) < 4.78 is 0. The Bertz CT molecular complexity index is 679. The molecular formula is C18H21NO2S. The van der Waals surface area contributed by atoms with Crippen LogP contribution in [0.3, 0.4) is 0 Å². The van der Waals surface area contributed by atoms with Crippen molar-refractivity contribution < 1.29 is 9.90 Å². The zero-order valence-corrected chi connectivity index (χ0v) is 13.8. The minimum absolute atomic E-state index is 0.0437. The lowest BCUT2D eigenvalue weighted by Crippen LogP contribution is -2.39. The van der Waals surface area contributed by atoms with Crippen LogP contribution in [0.2, 0.25) is 0 Å². The van der Waals surface area contributed by atoms with Crippen LogP contribution >= 0.6 is 11.3 Å². The first kappa shape index (κ1) is 15.3. The molecule has 0 radical (unpaired) electrons. The van der Waals surface area contributed by atoms with Gasteiger partial charge in [0, 0.05) is 16.3 Å². The summed E-state index contributed by atoms with van der Waals surface area (Å²) in [5.74, 6) is -0.705. The summed E-state index contributed by atoms with van der Waals surface area (Å²) in [5.41, 5.74) is 2.40. The highest BCUT2D eigenvalue weighted by Gasteiger charge is 2.37. The maximum absolute atomic E-state index is 11.6. The van der Waals surface area contributed by atoms with Gasteiger partial charge in [0.1, 0.15) is 6.04 Å². The van der Waals surface area contributed by atoms with Crippen molar-refractivity contribution in [1.29, 1.82) is 0 Å². The lowest BCUT2D eigenvalue weighted by atomic mass is 10.0. The first-order valence-electron chi connectivity index (χ1n) is 7.67. The molecule has 0 saturated carbocycles. The molecule has 1 aliphatic rings. The van der Waals surface area contributed by atoms with Gasteiger partial charge in [-0.15, -0.1) is 11.3 Å². The van der Waals surface area contributed by atoms with Crippen LogP contribution in [0.1, 0.15) is 39.8 Å². The number of carboxylic acids is 1. The number of hydrogen-bond donors (Lipinski definition) is 1. The predicted octanol–water partition coefficient (Wildman–Crippen LogP) is 4.00. The number of likely N-dealkylation sites (tertiary alicyclic amines) is 1. The van der Waals surface area contributed by atoms with E-state index >= 15 is 0 Å². The average Bonchev–Trinajstić information content (AvgIpc) is 3.09. The van der Waals surface area contributed by atoms with Gasteiger partial charge in [-0.3, -0.25) is 9.69 Å². The van der Waals surface area contributed by atoms with Gasteiger partial charge in [-0.25, -0.2) is 0 Å². The predicted molar refractivity (Wildman–Crippen MR) is 89.4 cm³/mol. The number of carbonyl (C=O) groups is 1. The van der Waals surface area contributed by atoms with Crippen LogP contribution in [0.25, 0.3) is 0 Å². The molecule has 1 aromatic carbocycles. The van der Waals surface area contributed by atoms with Crippen LogP contribution < -0.4 is 0 Å². The van der Waals surface area contributed by atoms with Gasteiger partial charge in [-0.05, 0) is 44.4 Å². The minimum Gasteiger partial charge on any atom is -0.480 e. The third-order valence-corrected chi connectivity index (χ3v) is 5.35. The van der Waals surface area contributed by atoms with Crippen LogP contribution in [0, 0.1) is 13.8 Å². The van der Waals surface area contributed by atoms with Crippen molar-refractivity contribution in [2.75, 3.05) is 6.54 Å². The maximum Gasteiger partial charge on any atom is 0.320 e. The van der Waals surface area contributed by atoms with Gasteiger partial charge in [0.15, 0.2) is 0 Å². The molecule has 3 nitrogen and oxygen atoms in total. The van der Waals surface area contributed by atoms with Crippen molar-refractivity contribution in [3.63, 3.8) is 0 Å². The molecular weight excluding hydrogens is 294 g/mol. The molecule has 1 N–H and O–H groups in total. The van der Waals surface area contributed by atoms with Gasteiger partial charge >= 0.3 is 5.97 Å². The largest absolute Gasteiger partial charge is 0.480 e. The fourth-order valence-corrected chi connectivity index (χ4v) is 4.35. The number of nitrogens with zero attached hydrogens (tertiary/aromatic N) is 1. The molecule has 116 valence electrons. The van der Waals surface area contributed by atoms with E-state index < -0.39 is 5.97 Å². The van der Waals surface area contributed by atoms with E-state index in [4.69, 9.17) is 0 Å². The van der Waals surface area contributed by atoms with Gasteiger partial charge < -0.3 is 5.11 Å². The number of benzene rings is 1. The highest BCUT2D eigenvalue weighted by Crippen LogP contribution is 2.38. The quantitative estimate of drug-likeness (QED) is 0.927. The fraction of sp³-hybridized carbons (Fsp3) is 0.389. The molecule has 0 spiro atoms. The zero-order chi connectivity index (χ0) is 15.7. The molecule has 22 heavy (non-hydrogen) atoms. The lowest BCUT2D eigenvalue weighted by molar-refractivity contribution is -0.142. The maximum atomic E-state index is 11.6. The van der Waals surface area contributed by atoms with E-state index in [2.05, 4.69) is 55.1 Å². The number of aliphatic carboxylic acids is 1. The lowest BCUT2D eigenvalue weighted by Gasteiger charge is -2.31. The van der Waals surface area contributed by atoms with Crippen LogP contribution in [-0.2, 0) is 4.79 Å². The first-order valence-corrected chi connectivity index (χ1v) is 8.49. The summed E-state index contributed by atoms with van der Waals surface area (Å²) in [5, 5.41) is 9.55. The summed E-state index contributed by atoms with van der Waals surface area (Å²) >= 11 is 1.76. The molecule has 1 aliphatic heterocycles. The Morgan fingerprint density at radius 2 is 2.14 bits per heavy atom. The van der Waals surface area contributed by atoms with Crippen molar-refractivity contribution >= 4 is 17.3 Å². The van der Waals surface area contributed by atoms with E-state index in [1.807, 2.05) is 0 Å². The van der Waals surface area contributed by atoms with E-state index in [0.717, 1.165) is 19.4 Å². The molecule has 2 atom stereocenters. The number of aryl methyl sites for hydroxylation is 2. The van der Waals surface area contributed by atoms with Crippen LogP contribution in [0.15, 0.2) is 36.4 Å². The Hall–Kier alpha value is -1.65. The molecule has 0 amide bonds. The fourth-order valence-electron chi connectivity index (χ4n) is 3.32. The van der Waals surface area contributed by atoms with Crippen molar-refractivity contribution in [3.05, 3.63) is 57.3 Å². The van der Waals surface area contributed by atoms with E-state index in [9.17, 15) is 9.90 Å². The van der Waals surface area contributed by atoms with Crippen LogP contribution in [0.5, 0.6) is 0 Å². The average molecular weight is 315 g/mol. The summed E-state index contributed by atoms with van der Waals surface area (Å²) in [6.45, 7) is 5.02. The number of carboxylic acid groups (broad SMARTS) is 1. The highest BCUT2D eigenvalue weighted by atomic mass is 32.1. The second kappa shape index (κ2) is 6.23. The minimum atomic E-state index is -0.705. The Balaban J connectivity index is 2.05. The third kappa shape index (κ3) is 2.94. The van der Waals surface area contributed by atoms with Gasteiger partial charge in [-0.1, -0.05) is 29.8 Å². The van der Waals surface area contributed by atoms with E-state index in [-0.39, 0.29) is 12.1 Å². The van der Waals surface area contributed by atoms with Crippen LogP contribution in [0.4, 0.5) is 0 Å². The number of rotatable bonds is 4. The summed E-state index contributed by atoms with van der Waals surface area (Å²) in [4.78, 5) is 16.3. The van der Waals surface area contributed by atoms with Crippen LogP contribution in [-0.4, -0.2) is 28.6 Å². The molecule has 0 aliphatic carbocycles. The molecule has 2 unspecified atom stereocenters. The normalized spacial score (nSPS) is 20.2. The second-order valence-corrected chi connectivity index (χ2v) is 7.32. The topological polar surface area (TPSA) is 40.5 Å². The summed E-state index contributed by atoms with van der Waals surface area (Å²) in [6, 6.07) is 12.4. The Morgan fingerprint density at radius 3 is 2.77 bits per heavy atom. The smallest absolute Gasteiger partial charge is 0.320 e. The standard InChI is InChI=1S/C18H21NO2S/c1-12-5-3-6-14(11-12)17(16-9-8-13(2)22-16)19-10-4-7-15(19)18(20)21/h3,5-6,8-9,11,15,17H,4,7,10H2,1-2H3,(H,20,21). The molecule has 4 heteroatoms. The molecule has 3 rings (SSSR count). The summed E-state index contributed by atoms with van der Waals surface area (Å²) in [7, 11) is 0. The van der Waals surface area contributed by atoms with E-state index in [0.29, 0.717) is 0 Å². The van der Waals surface area contributed by atoms with Crippen molar-refractivity contribution in [1.82, 2.24) is 4.90 Å². The molecule has 1 saturated heterocycles. The molecule has 1 fully saturated rings. The summed E-state index contributed by atoms with van der Waals surface area (Å²) in [6.07, 6.45) is 1.69. The first-order chi connectivity index (χ1) is 10.6. The zero-order valence-electron chi connectivity index (χ0n) is 13.0. The number of hydrogen-bond acceptors (Lipinski definition) is 3. The Kier molecular flexibility index (Phi) is 4.32.